The van der Waals surface area contributed by atoms with Crippen LogP contribution in [-0.2, 0) is 4.79 Å². The maximum Gasteiger partial charge on any atom is 0.307 e. The molecule has 2 saturated carbocycles. The number of carbonyl (C=O) groups is 1. The van der Waals surface area contributed by atoms with E-state index in [-0.39, 0.29) is 29.3 Å². The number of aliphatic carboxylic acids is 1. The van der Waals surface area contributed by atoms with E-state index in [2.05, 4.69) is 11.8 Å². The summed E-state index contributed by atoms with van der Waals surface area (Å²) >= 11 is 0. The molecule has 6 aliphatic rings. The summed E-state index contributed by atoms with van der Waals surface area (Å²) in [5.74, 6) is 1.38. The molecule has 8 atom stereocenters. The molecule has 2 heterocycles. The summed E-state index contributed by atoms with van der Waals surface area (Å²) in [5.41, 5.74) is 3.07. The standard InChI is InChI=1S/C22H31NO3/c1-12-9-23-10-14-4-2-13-3-5-16-17(20(25)26)8-22(18(13)16)19(23)15(12)6-7-21(14,22)11-24/h12,14-17,19,24H,2-11H2,1H3,(H,25,26)/t12-,14-,15-,16-,17-,19+,21-,22+/m1/s1. The lowest BCUT2D eigenvalue weighted by atomic mass is 9.43. The number of aliphatic hydroxyl groups excluding tert-OH is 1. The first-order valence-electron chi connectivity index (χ1n) is 10.8. The quantitative estimate of drug-likeness (QED) is 0.746. The Hall–Kier alpha value is -0.870. The normalized spacial score (nSPS) is 54.4. The lowest BCUT2D eigenvalue weighted by Crippen LogP contribution is -2.68. The molecular weight excluding hydrogens is 326 g/mol. The Morgan fingerprint density at radius 3 is 2.81 bits per heavy atom. The molecule has 0 unspecified atom stereocenters. The highest BCUT2D eigenvalue weighted by Crippen LogP contribution is 2.76. The number of carboxylic acid groups (broad SMARTS) is 1. The van der Waals surface area contributed by atoms with Gasteiger partial charge in [0.05, 0.1) is 5.92 Å². The summed E-state index contributed by atoms with van der Waals surface area (Å²) in [7, 11) is 0. The average Bonchev–Trinajstić information content (AvgIpc) is 3.25. The molecule has 4 nitrogen and oxygen atoms in total. The van der Waals surface area contributed by atoms with Gasteiger partial charge in [-0.05, 0) is 68.6 Å². The van der Waals surface area contributed by atoms with Gasteiger partial charge >= 0.3 is 5.97 Å². The number of nitrogens with zero attached hydrogens (tertiary/aromatic N) is 1. The molecule has 4 fully saturated rings. The summed E-state index contributed by atoms with van der Waals surface area (Å²) in [5, 5.41) is 20.9. The van der Waals surface area contributed by atoms with Gasteiger partial charge in [-0.2, -0.15) is 0 Å². The van der Waals surface area contributed by atoms with Crippen LogP contribution in [0.5, 0.6) is 0 Å². The van der Waals surface area contributed by atoms with Crippen molar-refractivity contribution in [1.82, 2.24) is 4.90 Å². The summed E-state index contributed by atoms with van der Waals surface area (Å²) in [6, 6.07) is 0.489. The van der Waals surface area contributed by atoms with Crippen LogP contribution in [0.25, 0.3) is 0 Å². The van der Waals surface area contributed by atoms with Crippen molar-refractivity contribution in [2.24, 2.45) is 40.4 Å². The number of piperidine rings is 1. The highest BCUT2D eigenvalue weighted by Gasteiger charge is 2.75. The van der Waals surface area contributed by atoms with Crippen LogP contribution in [0, 0.1) is 40.4 Å². The number of allylic oxidation sites excluding steroid dienone is 1. The van der Waals surface area contributed by atoms with E-state index in [1.807, 2.05) is 0 Å². The van der Waals surface area contributed by atoms with Gasteiger partial charge in [-0.3, -0.25) is 9.69 Å². The molecule has 2 aliphatic heterocycles. The zero-order chi connectivity index (χ0) is 17.8. The fourth-order valence-corrected chi connectivity index (χ4v) is 9.33. The van der Waals surface area contributed by atoms with Crippen molar-refractivity contribution in [2.75, 3.05) is 19.7 Å². The van der Waals surface area contributed by atoms with E-state index in [0.29, 0.717) is 23.8 Å². The number of aliphatic hydroxyl groups is 1. The maximum atomic E-state index is 12.2. The van der Waals surface area contributed by atoms with Gasteiger partial charge in [-0.15, -0.1) is 0 Å². The largest absolute Gasteiger partial charge is 0.481 e. The smallest absolute Gasteiger partial charge is 0.307 e. The minimum atomic E-state index is -0.588. The molecule has 0 aromatic rings. The SMILES string of the molecule is C[C@@H]1CN2C[C@H]3CCC4=C5[C@H](CC4)[C@H](C(=O)O)C[C@@]54[C@@H]2[C@@H]1CC[C@@]34CO. The van der Waals surface area contributed by atoms with Crippen LogP contribution in [0.3, 0.4) is 0 Å². The van der Waals surface area contributed by atoms with Gasteiger partial charge in [0.1, 0.15) is 0 Å². The number of hydrogen-bond acceptors (Lipinski definition) is 3. The second-order valence-corrected chi connectivity index (χ2v) is 10.4. The van der Waals surface area contributed by atoms with Gasteiger partial charge in [-0.25, -0.2) is 0 Å². The van der Waals surface area contributed by atoms with Crippen molar-refractivity contribution in [2.45, 2.75) is 57.9 Å². The first-order chi connectivity index (χ1) is 12.5. The Kier molecular flexibility index (Phi) is 3.06. The zero-order valence-electron chi connectivity index (χ0n) is 15.8. The monoisotopic (exact) mass is 357 g/mol. The lowest BCUT2D eigenvalue weighted by Gasteiger charge is -2.66. The summed E-state index contributed by atoms with van der Waals surface area (Å²) in [4.78, 5) is 15.0. The van der Waals surface area contributed by atoms with Gasteiger partial charge in [0.2, 0.25) is 0 Å². The number of carboxylic acids is 1. The van der Waals surface area contributed by atoms with Crippen LogP contribution in [0.4, 0.5) is 0 Å². The Bertz CT molecular complexity index is 716. The molecule has 142 valence electrons. The first-order valence-corrected chi connectivity index (χ1v) is 10.8. The molecule has 0 aromatic heterocycles. The molecule has 4 heteroatoms. The number of rotatable bonds is 2. The van der Waals surface area contributed by atoms with Crippen LogP contribution in [0.2, 0.25) is 0 Å². The van der Waals surface area contributed by atoms with E-state index >= 15 is 0 Å². The van der Waals surface area contributed by atoms with E-state index in [1.54, 1.807) is 11.1 Å². The third-order valence-corrected chi connectivity index (χ3v) is 10.0. The molecule has 0 amide bonds. The van der Waals surface area contributed by atoms with Crippen molar-refractivity contribution in [3.8, 4) is 0 Å². The van der Waals surface area contributed by atoms with Gasteiger partial charge in [0.25, 0.3) is 0 Å². The maximum absolute atomic E-state index is 12.2. The Labute approximate surface area is 155 Å². The molecule has 4 aliphatic carbocycles. The van der Waals surface area contributed by atoms with E-state index in [1.165, 1.54) is 19.4 Å². The average molecular weight is 357 g/mol. The van der Waals surface area contributed by atoms with E-state index in [4.69, 9.17) is 0 Å². The third-order valence-electron chi connectivity index (χ3n) is 10.0. The molecule has 1 spiro atoms. The molecule has 6 rings (SSSR count). The highest BCUT2D eigenvalue weighted by atomic mass is 16.4. The van der Waals surface area contributed by atoms with Crippen molar-refractivity contribution < 1.29 is 15.0 Å². The first kappa shape index (κ1) is 16.1. The third kappa shape index (κ3) is 1.53. The molecule has 0 radical (unpaired) electrons. The summed E-state index contributed by atoms with van der Waals surface area (Å²) in [6.07, 6.45) is 7.67. The van der Waals surface area contributed by atoms with Crippen molar-refractivity contribution in [3.63, 3.8) is 0 Å². The molecule has 4 bridgehead atoms. The fourth-order valence-electron chi connectivity index (χ4n) is 9.33. The highest BCUT2D eigenvalue weighted by molar-refractivity contribution is 5.73. The Morgan fingerprint density at radius 2 is 2.04 bits per heavy atom. The lowest BCUT2D eigenvalue weighted by molar-refractivity contribution is -0.173. The summed E-state index contributed by atoms with van der Waals surface area (Å²) < 4.78 is 0. The Morgan fingerprint density at radius 1 is 1.23 bits per heavy atom. The van der Waals surface area contributed by atoms with E-state index in [9.17, 15) is 15.0 Å². The van der Waals surface area contributed by atoms with Crippen LogP contribution in [0.15, 0.2) is 11.1 Å². The predicted molar refractivity (Wildman–Crippen MR) is 97.4 cm³/mol. The molecule has 0 aromatic carbocycles. The van der Waals surface area contributed by atoms with Crippen LogP contribution in [-0.4, -0.2) is 46.8 Å². The topological polar surface area (TPSA) is 60.8 Å². The van der Waals surface area contributed by atoms with E-state index < -0.39 is 5.97 Å². The van der Waals surface area contributed by atoms with Gasteiger partial charge in [0, 0.05) is 36.6 Å². The number of hydrogen-bond donors (Lipinski definition) is 2. The van der Waals surface area contributed by atoms with Crippen LogP contribution < -0.4 is 0 Å². The second kappa shape index (κ2) is 4.94. The Balaban J connectivity index is 1.64. The van der Waals surface area contributed by atoms with Gasteiger partial charge in [0.15, 0.2) is 0 Å². The van der Waals surface area contributed by atoms with Crippen molar-refractivity contribution in [1.29, 1.82) is 0 Å². The molecular formula is C22H31NO3. The van der Waals surface area contributed by atoms with Gasteiger partial charge in [-0.1, -0.05) is 18.1 Å². The fraction of sp³-hybridized carbons (Fsp3) is 0.864. The zero-order valence-corrected chi connectivity index (χ0v) is 15.8. The predicted octanol–water partition coefficient (Wildman–Crippen LogP) is 2.92. The van der Waals surface area contributed by atoms with Crippen LogP contribution in [0.1, 0.15) is 51.9 Å². The van der Waals surface area contributed by atoms with Crippen LogP contribution >= 0.6 is 0 Å². The van der Waals surface area contributed by atoms with E-state index in [0.717, 1.165) is 38.6 Å². The minimum Gasteiger partial charge on any atom is -0.481 e. The minimum absolute atomic E-state index is 0.0472. The summed E-state index contributed by atoms with van der Waals surface area (Å²) in [6.45, 7) is 4.99. The molecule has 26 heavy (non-hydrogen) atoms. The molecule has 2 saturated heterocycles. The van der Waals surface area contributed by atoms with Crippen molar-refractivity contribution >= 4 is 5.97 Å². The molecule has 2 N–H and O–H groups in total. The van der Waals surface area contributed by atoms with Gasteiger partial charge < -0.3 is 10.2 Å². The second-order valence-electron chi connectivity index (χ2n) is 10.4. The van der Waals surface area contributed by atoms with Crippen molar-refractivity contribution in [3.05, 3.63) is 11.1 Å².